The van der Waals surface area contributed by atoms with Crippen molar-refractivity contribution in [2.45, 2.75) is 51.3 Å². The smallest absolute Gasteiger partial charge is 0.120 e. The Morgan fingerprint density at radius 1 is 1.10 bits per heavy atom. The predicted octanol–water partition coefficient (Wildman–Crippen LogP) is 3.41. The Kier molecular flexibility index (Phi) is 4.90. The molecule has 3 rings (SSSR count). The zero-order valence-electron chi connectivity index (χ0n) is 12.3. The molecule has 21 heavy (non-hydrogen) atoms. The Balaban J connectivity index is 1.44. The van der Waals surface area contributed by atoms with E-state index in [1.807, 2.05) is 6.20 Å². The van der Waals surface area contributed by atoms with Gasteiger partial charge in [0, 0.05) is 18.9 Å². The third-order valence-electron chi connectivity index (χ3n) is 3.95. The first-order valence-electron chi connectivity index (χ1n) is 7.85. The lowest BCUT2D eigenvalue weighted by molar-refractivity contribution is 0.155. The molecule has 4 heteroatoms. The molecule has 0 bridgehead atoms. The summed E-state index contributed by atoms with van der Waals surface area (Å²) in [5.41, 5.74) is 1.26. The minimum Gasteiger partial charge on any atom is -0.490 e. The molecular weight excluding hydrogens is 262 g/mol. The first-order chi connectivity index (χ1) is 10.4. The van der Waals surface area contributed by atoms with Crippen LogP contribution in [0.2, 0.25) is 0 Å². The normalized spacial score (nSPS) is 16.0. The molecule has 112 valence electrons. The zero-order chi connectivity index (χ0) is 14.3. The van der Waals surface area contributed by atoms with E-state index in [4.69, 9.17) is 4.74 Å². The van der Waals surface area contributed by atoms with Gasteiger partial charge in [-0.2, -0.15) is 0 Å². The Bertz CT molecular complexity index is 515. The molecule has 0 radical (unpaired) electrons. The average Bonchev–Trinajstić information content (AvgIpc) is 3.03. The van der Waals surface area contributed by atoms with Crippen LogP contribution in [0.1, 0.15) is 43.5 Å². The summed E-state index contributed by atoms with van der Waals surface area (Å²) in [6.45, 7) is 1.59. The fourth-order valence-corrected chi connectivity index (χ4v) is 2.78. The first-order valence-corrected chi connectivity index (χ1v) is 7.85. The van der Waals surface area contributed by atoms with Crippen LogP contribution in [-0.4, -0.2) is 16.1 Å². The molecule has 1 aromatic heterocycles. The molecule has 0 aliphatic heterocycles. The van der Waals surface area contributed by atoms with Gasteiger partial charge in [-0.05, 0) is 43.4 Å². The first kappa shape index (κ1) is 14.1. The molecule has 1 saturated carbocycles. The van der Waals surface area contributed by atoms with Gasteiger partial charge in [-0.1, -0.05) is 18.6 Å². The maximum Gasteiger partial charge on any atom is 0.120 e. The number of nitrogens with one attached hydrogen (secondary N) is 2. The quantitative estimate of drug-likeness (QED) is 0.855. The molecule has 4 nitrogen and oxygen atoms in total. The number of nitrogens with zero attached hydrogens (tertiary/aromatic N) is 1. The number of ether oxygens (including phenoxy) is 1. The summed E-state index contributed by atoms with van der Waals surface area (Å²) in [6.07, 6.45) is 10.4. The second-order valence-corrected chi connectivity index (χ2v) is 5.66. The number of hydrogen-bond donors (Lipinski definition) is 2. The number of aromatic amines is 1. The highest BCUT2D eigenvalue weighted by atomic mass is 16.5. The van der Waals surface area contributed by atoms with Crippen LogP contribution in [0.3, 0.4) is 0 Å². The number of H-pyrrole nitrogens is 1. The summed E-state index contributed by atoms with van der Waals surface area (Å²) in [5.74, 6) is 1.96. The lowest BCUT2D eigenvalue weighted by atomic mass is 9.98. The van der Waals surface area contributed by atoms with Crippen LogP contribution in [0.15, 0.2) is 36.7 Å². The Morgan fingerprint density at radius 2 is 1.90 bits per heavy atom. The lowest BCUT2D eigenvalue weighted by Crippen LogP contribution is -2.19. The van der Waals surface area contributed by atoms with E-state index in [1.165, 1.54) is 37.7 Å². The number of benzene rings is 1. The monoisotopic (exact) mass is 285 g/mol. The highest BCUT2D eigenvalue weighted by molar-refractivity contribution is 5.27. The van der Waals surface area contributed by atoms with E-state index in [2.05, 4.69) is 39.6 Å². The van der Waals surface area contributed by atoms with Gasteiger partial charge in [-0.3, -0.25) is 0 Å². The molecule has 1 fully saturated rings. The summed E-state index contributed by atoms with van der Waals surface area (Å²) in [5, 5.41) is 3.37. The molecule has 0 amide bonds. The minimum atomic E-state index is 0.418. The Labute approximate surface area is 125 Å². The highest BCUT2D eigenvalue weighted by Gasteiger charge is 2.14. The summed E-state index contributed by atoms with van der Waals surface area (Å²) in [4.78, 5) is 7.27. The second-order valence-electron chi connectivity index (χ2n) is 5.66. The zero-order valence-corrected chi connectivity index (χ0v) is 12.3. The van der Waals surface area contributed by atoms with Gasteiger partial charge in [0.2, 0.25) is 0 Å². The summed E-state index contributed by atoms with van der Waals surface area (Å²) < 4.78 is 6.04. The summed E-state index contributed by atoms with van der Waals surface area (Å²) >= 11 is 0. The van der Waals surface area contributed by atoms with Crippen molar-refractivity contribution >= 4 is 0 Å². The molecule has 1 heterocycles. The molecule has 1 aromatic carbocycles. The van der Waals surface area contributed by atoms with Gasteiger partial charge < -0.3 is 15.0 Å². The average molecular weight is 285 g/mol. The van der Waals surface area contributed by atoms with Gasteiger partial charge in [0.05, 0.1) is 12.6 Å². The standard InChI is InChI=1S/C17H23N3O/c1-2-4-15(5-3-1)21-16-8-6-14(7-9-16)12-18-13-17-19-10-11-20-17/h6-11,15,18H,1-5,12-13H2,(H,19,20). The molecule has 0 atom stereocenters. The summed E-state index contributed by atoms with van der Waals surface area (Å²) in [6, 6.07) is 8.43. The van der Waals surface area contributed by atoms with E-state index in [1.54, 1.807) is 6.20 Å². The number of aromatic nitrogens is 2. The molecule has 2 N–H and O–H groups in total. The van der Waals surface area contributed by atoms with Crippen molar-refractivity contribution in [2.24, 2.45) is 0 Å². The van der Waals surface area contributed by atoms with Gasteiger partial charge >= 0.3 is 0 Å². The van der Waals surface area contributed by atoms with Crippen LogP contribution in [0.5, 0.6) is 5.75 Å². The van der Waals surface area contributed by atoms with Crippen LogP contribution in [0.4, 0.5) is 0 Å². The fraction of sp³-hybridized carbons (Fsp3) is 0.471. The molecule has 1 aliphatic rings. The summed E-state index contributed by atoms with van der Waals surface area (Å²) in [7, 11) is 0. The van der Waals surface area contributed by atoms with E-state index in [0.29, 0.717) is 6.10 Å². The van der Waals surface area contributed by atoms with Crippen molar-refractivity contribution in [1.29, 1.82) is 0 Å². The number of rotatable bonds is 6. The van der Waals surface area contributed by atoms with Gasteiger partial charge in [0.1, 0.15) is 11.6 Å². The lowest BCUT2D eigenvalue weighted by Gasteiger charge is -2.23. The number of hydrogen-bond acceptors (Lipinski definition) is 3. The SMILES string of the molecule is c1c[nH]c(CNCc2ccc(OC3CCCCC3)cc2)n1. The second kappa shape index (κ2) is 7.27. The third kappa shape index (κ3) is 4.33. The van der Waals surface area contributed by atoms with Crippen LogP contribution in [-0.2, 0) is 13.1 Å². The molecule has 0 spiro atoms. The van der Waals surface area contributed by atoms with Crippen molar-refractivity contribution in [1.82, 2.24) is 15.3 Å². The Morgan fingerprint density at radius 3 is 2.62 bits per heavy atom. The van der Waals surface area contributed by atoms with Crippen molar-refractivity contribution < 1.29 is 4.74 Å². The number of imidazole rings is 1. The third-order valence-corrected chi connectivity index (χ3v) is 3.95. The molecule has 2 aromatic rings. The van der Waals surface area contributed by atoms with Gasteiger partial charge in [0.15, 0.2) is 0 Å². The van der Waals surface area contributed by atoms with Crippen molar-refractivity contribution in [3.63, 3.8) is 0 Å². The predicted molar refractivity (Wildman–Crippen MR) is 83.1 cm³/mol. The van der Waals surface area contributed by atoms with E-state index in [-0.39, 0.29) is 0 Å². The van der Waals surface area contributed by atoms with Crippen LogP contribution >= 0.6 is 0 Å². The van der Waals surface area contributed by atoms with Crippen LogP contribution < -0.4 is 10.1 Å². The van der Waals surface area contributed by atoms with Crippen molar-refractivity contribution in [2.75, 3.05) is 0 Å². The highest BCUT2D eigenvalue weighted by Crippen LogP contribution is 2.23. The Hall–Kier alpha value is -1.81. The topological polar surface area (TPSA) is 49.9 Å². The molecule has 0 unspecified atom stereocenters. The largest absolute Gasteiger partial charge is 0.490 e. The van der Waals surface area contributed by atoms with Crippen molar-refractivity contribution in [3.05, 3.63) is 48.0 Å². The van der Waals surface area contributed by atoms with Crippen molar-refractivity contribution in [3.8, 4) is 5.75 Å². The molecule has 0 saturated heterocycles. The van der Waals surface area contributed by atoms with E-state index >= 15 is 0 Å². The maximum absolute atomic E-state index is 6.04. The maximum atomic E-state index is 6.04. The minimum absolute atomic E-state index is 0.418. The van der Waals surface area contributed by atoms with E-state index in [9.17, 15) is 0 Å². The van der Waals surface area contributed by atoms with E-state index in [0.717, 1.165) is 24.7 Å². The fourth-order valence-electron chi connectivity index (χ4n) is 2.78. The van der Waals surface area contributed by atoms with Crippen LogP contribution in [0.25, 0.3) is 0 Å². The molecule has 1 aliphatic carbocycles. The van der Waals surface area contributed by atoms with E-state index < -0.39 is 0 Å². The van der Waals surface area contributed by atoms with Gasteiger partial charge in [0.25, 0.3) is 0 Å². The van der Waals surface area contributed by atoms with Gasteiger partial charge in [-0.15, -0.1) is 0 Å². The molecular formula is C17H23N3O. The van der Waals surface area contributed by atoms with Gasteiger partial charge in [-0.25, -0.2) is 4.98 Å². The van der Waals surface area contributed by atoms with Crippen LogP contribution in [0, 0.1) is 0 Å².